The van der Waals surface area contributed by atoms with Gasteiger partial charge in [0.1, 0.15) is 25.4 Å². The maximum Gasteiger partial charge on any atom is 0.216 e. The number of nitrogens with zero attached hydrogens (tertiary/aromatic N) is 1. The molecule has 0 atom stereocenters. The first-order valence-electron chi connectivity index (χ1n) is 6.80. The Hall–Kier alpha value is -1.39. The van der Waals surface area contributed by atoms with Gasteiger partial charge in [0, 0.05) is 5.56 Å². The Morgan fingerprint density at radius 1 is 1.26 bits per heavy atom. The molecule has 0 N–H and O–H groups in total. The fourth-order valence-electron chi connectivity index (χ4n) is 2.28. The molecule has 0 unspecified atom stereocenters. The van der Waals surface area contributed by atoms with E-state index in [2.05, 4.69) is 7.05 Å². The van der Waals surface area contributed by atoms with Crippen LogP contribution in [0.25, 0.3) is 0 Å². The third kappa shape index (κ3) is 3.78. The van der Waals surface area contributed by atoms with Gasteiger partial charge in [-0.05, 0) is 31.2 Å². The maximum absolute atomic E-state index is 12.3. The average Bonchev–Trinajstić information content (AvgIpc) is 2.40. The lowest BCUT2D eigenvalue weighted by molar-refractivity contribution is -0.908. The van der Waals surface area contributed by atoms with Gasteiger partial charge in [-0.15, -0.1) is 0 Å². The molecular weight excluding hydrogens is 242 g/mol. The number of hydrogen-bond donors (Lipinski definition) is 0. The molecule has 19 heavy (non-hydrogen) atoms. The quantitative estimate of drug-likeness (QED) is 0.600. The van der Waals surface area contributed by atoms with Crippen LogP contribution in [0.4, 0.5) is 0 Å². The van der Waals surface area contributed by atoms with Crippen molar-refractivity contribution in [1.82, 2.24) is 0 Å². The van der Waals surface area contributed by atoms with E-state index >= 15 is 0 Å². The van der Waals surface area contributed by atoms with E-state index in [0.29, 0.717) is 13.2 Å². The van der Waals surface area contributed by atoms with Crippen molar-refractivity contribution < 1.29 is 18.8 Å². The zero-order valence-electron chi connectivity index (χ0n) is 11.7. The molecule has 0 amide bonds. The highest BCUT2D eigenvalue weighted by Crippen LogP contribution is 2.15. The van der Waals surface area contributed by atoms with Crippen LogP contribution in [0, 0.1) is 0 Å². The summed E-state index contributed by atoms with van der Waals surface area (Å²) < 4.78 is 11.5. The third-order valence-corrected chi connectivity index (χ3v) is 3.56. The molecule has 1 heterocycles. The van der Waals surface area contributed by atoms with Gasteiger partial charge in [-0.3, -0.25) is 4.79 Å². The van der Waals surface area contributed by atoms with Gasteiger partial charge >= 0.3 is 0 Å². The summed E-state index contributed by atoms with van der Waals surface area (Å²) in [6, 6.07) is 7.41. The fraction of sp³-hybridized carbons (Fsp3) is 0.533. The normalized spacial score (nSPS) is 18.0. The zero-order chi connectivity index (χ0) is 13.7. The predicted molar refractivity (Wildman–Crippen MR) is 73.5 cm³/mol. The van der Waals surface area contributed by atoms with Crippen LogP contribution < -0.4 is 4.74 Å². The zero-order valence-corrected chi connectivity index (χ0v) is 11.7. The summed E-state index contributed by atoms with van der Waals surface area (Å²) in [5.41, 5.74) is 0.759. The van der Waals surface area contributed by atoms with Crippen LogP contribution in [0.5, 0.6) is 5.75 Å². The monoisotopic (exact) mass is 264 g/mol. The van der Waals surface area contributed by atoms with Gasteiger partial charge in [0.2, 0.25) is 5.78 Å². The highest BCUT2D eigenvalue weighted by molar-refractivity contribution is 5.97. The lowest BCUT2D eigenvalue weighted by Crippen LogP contribution is -2.54. The van der Waals surface area contributed by atoms with E-state index in [9.17, 15) is 4.79 Å². The Balaban J connectivity index is 1.99. The molecule has 2 rings (SSSR count). The Morgan fingerprint density at radius 2 is 1.89 bits per heavy atom. The molecule has 1 aromatic rings. The van der Waals surface area contributed by atoms with Crippen molar-refractivity contribution >= 4 is 5.78 Å². The number of Topliss-reactive ketones (excluding diaryl/α,β-unsaturated/α-hetero) is 1. The highest BCUT2D eigenvalue weighted by Gasteiger charge is 2.28. The summed E-state index contributed by atoms with van der Waals surface area (Å²) >= 11 is 0. The summed E-state index contributed by atoms with van der Waals surface area (Å²) in [5.74, 6) is 0.998. The van der Waals surface area contributed by atoms with E-state index in [4.69, 9.17) is 9.47 Å². The summed E-state index contributed by atoms with van der Waals surface area (Å²) in [6.07, 6.45) is 0. The van der Waals surface area contributed by atoms with Crippen molar-refractivity contribution in [3.63, 3.8) is 0 Å². The molecule has 1 aliphatic rings. The second kappa shape index (κ2) is 6.17. The Bertz CT molecular complexity index is 422. The molecular formula is C15H22NO3+. The summed E-state index contributed by atoms with van der Waals surface area (Å²) in [7, 11) is 2.12. The van der Waals surface area contributed by atoms with Gasteiger partial charge in [-0.1, -0.05) is 0 Å². The van der Waals surface area contributed by atoms with Crippen LogP contribution >= 0.6 is 0 Å². The number of benzene rings is 1. The van der Waals surface area contributed by atoms with E-state index in [1.807, 2.05) is 31.2 Å². The number of likely N-dealkylation sites (N-methyl/N-ethyl adjacent to an activating group) is 1. The van der Waals surface area contributed by atoms with Gasteiger partial charge in [0.25, 0.3) is 0 Å². The average molecular weight is 264 g/mol. The number of ketones is 1. The van der Waals surface area contributed by atoms with Crippen LogP contribution in [0.1, 0.15) is 17.3 Å². The van der Waals surface area contributed by atoms with Gasteiger partial charge in [0.05, 0.1) is 26.9 Å². The number of carbonyl (C=O) groups excluding carboxylic acids is 1. The van der Waals surface area contributed by atoms with Gasteiger partial charge in [0.15, 0.2) is 0 Å². The molecule has 4 heteroatoms. The van der Waals surface area contributed by atoms with Crippen LogP contribution in [0.15, 0.2) is 24.3 Å². The number of quaternary nitrogens is 1. The molecule has 1 aromatic carbocycles. The van der Waals surface area contributed by atoms with Gasteiger partial charge in [-0.25, -0.2) is 0 Å². The van der Waals surface area contributed by atoms with Crippen molar-refractivity contribution in [2.24, 2.45) is 0 Å². The minimum atomic E-state index is 0.187. The molecule has 104 valence electrons. The smallest absolute Gasteiger partial charge is 0.216 e. The van der Waals surface area contributed by atoms with Crippen LogP contribution in [0.2, 0.25) is 0 Å². The van der Waals surface area contributed by atoms with Crippen molar-refractivity contribution in [2.45, 2.75) is 6.92 Å². The molecule has 0 radical (unpaired) electrons. The number of rotatable bonds is 5. The maximum atomic E-state index is 12.3. The van der Waals surface area contributed by atoms with E-state index < -0.39 is 0 Å². The molecule has 0 aromatic heterocycles. The van der Waals surface area contributed by atoms with E-state index in [1.165, 1.54) is 0 Å². The number of carbonyl (C=O) groups is 1. The van der Waals surface area contributed by atoms with Crippen molar-refractivity contribution in [1.29, 1.82) is 0 Å². The lowest BCUT2D eigenvalue weighted by atomic mass is 10.1. The fourth-order valence-corrected chi connectivity index (χ4v) is 2.28. The number of ether oxygens (including phenoxy) is 2. The van der Waals surface area contributed by atoms with Gasteiger partial charge in [-0.2, -0.15) is 0 Å². The molecule has 1 fully saturated rings. The number of morpholine rings is 1. The van der Waals surface area contributed by atoms with Crippen molar-refractivity contribution in [2.75, 3.05) is 46.5 Å². The molecule has 0 spiro atoms. The third-order valence-electron chi connectivity index (χ3n) is 3.56. The largest absolute Gasteiger partial charge is 0.494 e. The molecule has 4 nitrogen and oxygen atoms in total. The molecule has 0 bridgehead atoms. The van der Waals surface area contributed by atoms with Crippen LogP contribution in [-0.2, 0) is 4.74 Å². The summed E-state index contributed by atoms with van der Waals surface area (Å²) in [4.78, 5) is 12.3. The van der Waals surface area contributed by atoms with Crippen molar-refractivity contribution in [3.8, 4) is 5.75 Å². The molecule has 1 saturated heterocycles. The minimum absolute atomic E-state index is 0.187. The van der Waals surface area contributed by atoms with E-state index in [1.54, 1.807) is 0 Å². The standard InChI is InChI=1S/C15H22NO3/c1-3-19-14-6-4-13(5-7-14)15(17)12-16(2)8-10-18-11-9-16/h4-7H,3,8-12H2,1-2H3/q+1. The lowest BCUT2D eigenvalue weighted by Gasteiger charge is -2.36. The SMILES string of the molecule is CCOc1ccc(C(=O)C[N+]2(C)CCOCC2)cc1. The Labute approximate surface area is 114 Å². The Morgan fingerprint density at radius 3 is 2.47 bits per heavy atom. The van der Waals surface area contributed by atoms with Crippen molar-refractivity contribution in [3.05, 3.63) is 29.8 Å². The van der Waals surface area contributed by atoms with Crippen LogP contribution in [0.3, 0.4) is 0 Å². The summed E-state index contributed by atoms with van der Waals surface area (Å²) in [6.45, 7) is 6.42. The first kappa shape index (κ1) is 14.0. The molecule has 0 saturated carbocycles. The van der Waals surface area contributed by atoms with Gasteiger partial charge < -0.3 is 14.0 Å². The van der Waals surface area contributed by atoms with E-state index in [0.717, 1.165) is 42.1 Å². The van der Waals surface area contributed by atoms with E-state index in [-0.39, 0.29) is 5.78 Å². The molecule has 1 aliphatic heterocycles. The first-order chi connectivity index (χ1) is 9.13. The predicted octanol–water partition coefficient (Wildman–Crippen LogP) is 1.74. The number of hydrogen-bond acceptors (Lipinski definition) is 3. The minimum Gasteiger partial charge on any atom is -0.494 e. The topological polar surface area (TPSA) is 35.5 Å². The highest BCUT2D eigenvalue weighted by atomic mass is 16.5. The summed E-state index contributed by atoms with van der Waals surface area (Å²) in [5, 5.41) is 0. The Kier molecular flexibility index (Phi) is 4.56. The molecule has 0 aliphatic carbocycles. The first-order valence-corrected chi connectivity index (χ1v) is 6.80. The second-order valence-corrected chi connectivity index (χ2v) is 5.22. The van der Waals surface area contributed by atoms with Crippen LogP contribution in [-0.4, -0.2) is 56.8 Å². The second-order valence-electron chi connectivity index (χ2n) is 5.22.